The Labute approximate surface area is 103 Å². The lowest BCUT2D eigenvalue weighted by Gasteiger charge is -2.13. The lowest BCUT2D eigenvalue weighted by molar-refractivity contribution is -0.118. The standard InChI is InChI=1S/C10H13ClN4O2/c1-5(2-9(13)16)15-10(17)6-3-8(11)14-4-7(6)12/h3-5H,2,12H2,1H3,(H2,13,16)(H,15,17). The molecule has 2 amide bonds. The quantitative estimate of drug-likeness (QED) is 0.673. The van der Waals surface area contributed by atoms with E-state index < -0.39 is 11.8 Å². The monoisotopic (exact) mass is 256 g/mol. The van der Waals surface area contributed by atoms with E-state index in [1.165, 1.54) is 12.3 Å². The van der Waals surface area contributed by atoms with Crippen molar-refractivity contribution in [2.75, 3.05) is 5.73 Å². The minimum atomic E-state index is -0.487. The molecule has 5 N–H and O–H groups in total. The van der Waals surface area contributed by atoms with Gasteiger partial charge in [-0.15, -0.1) is 0 Å². The minimum absolute atomic E-state index is 0.0600. The van der Waals surface area contributed by atoms with Gasteiger partial charge in [0.25, 0.3) is 5.91 Å². The number of hydrogen-bond acceptors (Lipinski definition) is 4. The van der Waals surface area contributed by atoms with Crippen LogP contribution in [0, 0.1) is 0 Å². The second-order valence-corrected chi connectivity index (χ2v) is 4.03. The van der Waals surface area contributed by atoms with Gasteiger partial charge in [-0.2, -0.15) is 0 Å². The minimum Gasteiger partial charge on any atom is -0.397 e. The van der Waals surface area contributed by atoms with Gasteiger partial charge in [0.15, 0.2) is 0 Å². The smallest absolute Gasteiger partial charge is 0.253 e. The number of nitrogens with two attached hydrogens (primary N) is 2. The number of halogens is 1. The molecule has 1 unspecified atom stereocenters. The highest BCUT2D eigenvalue weighted by Gasteiger charge is 2.14. The molecule has 92 valence electrons. The van der Waals surface area contributed by atoms with Crippen LogP contribution < -0.4 is 16.8 Å². The highest BCUT2D eigenvalue weighted by molar-refractivity contribution is 6.29. The Hall–Kier alpha value is -1.82. The summed E-state index contributed by atoms with van der Waals surface area (Å²) in [6.45, 7) is 1.67. The fraction of sp³-hybridized carbons (Fsp3) is 0.300. The summed E-state index contributed by atoms with van der Waals surface area (Å²) in [5, 5.41) is 2.76. The van der Waals surface area contributed by atoms with Crippen LogP contribution in [0.1, 0.15) is 23.7 Å². The van der Waals surface area contributed by atoms with Crippen molar-refractivity contribution in [1.82, 2.24) is 10.3 Å². The predicted octanol–water partition coefficient (Wildman–Crippen LogP) is 0.311. The third kappa shape index (κ3) is 3.92. The Bertz CT molecular complexity index is 450. The van der Waals surface area contributed by atoms with Gasteiger partial charge in [-0.3, -0.25) is 9.59 Å². The van der Waals surface area contributed by atoms with E-state index in [2.05, 4.69) is 10.3 Å². The van der Waals surface area contributed by atoms with Gasteiger partial charge >= 0.3 is 0 Å². The van der Waals surface area contributed by atoms with E-state index in [1.54, 1.807) is 6.92 Å². The molecule has 1 aromatic heterocycles. The number of primary amides is 1. The molecule has 0 aromatic carbocycles. The molecule has 0 aliphatic rings. The summed E-state index contributed by atoms with van der Waals surface area (Å²) in [6.07, 6.45) is 1.36. The SMILES string of the molecule is CC(CC(N)=O)NC(=O)c1cc(Cl)ncc1N. The van der Waals surface area contributed by atoms with Gasteiger partial charge in [-0.05, 0) is 13.0 Å². The Morgan fingerprint density at radius 3 is 2.82 bits per heavy atom. The average molecular weight is 257 g/mol. The van der Waals surface area contributed by atoms with Crippen molar-refractivity contribution in [3.05, 3.63) is 23.0 Å². The first kappa shape index (κ1) is 13.2. The molecule has 0 fully saturated rings. The van der Waals surface area contributed by atoms with Gasteiger partial charge in [0.1, 0.15) is 5.15 Å². The third-order valence-electron chi connectivity index (χ3n) is 2.03. The molecule has 0 bridgehead atoms. The van der Waals surface area contributed by atoms with Crippen LogP contribution in [0.4, 0.5) is 5.69 Å². The van der Waals surface area contributed by atoms with E-state index in [0.717, 1.165) is 0 Å². The van der Waals surface area contributed by atoms with Crippen LogP contribution in [-0.4, -0.2) is 22.8 Å². The Morgan fingerprint density at radius 2 is 2.24 bits per heavy atom. The summed E-state index contributed by atoms with van der Waals surface area (Å²) >= 11 is 5.66. The Morgan fingerprint density at radius 1 is 1.59 bits per heavy atom. The molecule has 7 heteroatoms. The second kappa shape index (κ2) is 5.49. The van der Waals surface area contributed by atoms with Crippen molar-refractivity contribution in [3.63, 3.8) is 0 Å². The van der Waals surface area contributed by atoms with Crippen molar-refractivity contribution in [2.24, 2.45) is 5.73 Å². The second-order valence-electron chi connectivity index (χ2n) is 3.64. The number of aromatic nitrogens is 1. The molecule has 0 saturated carbocycles. The summed E-state index contributed by atoms with van der Waals surface area (Å²) in [5.41, 5.74) is 11.1. The number of anilines is 1. The van der Waals surface area contributed by atoms with Crippen molar-refractivity contribution >= 4 is 29.1 Å². The highest BCUT2D eigenvalue weighted by atomic mass is 35.5. The number of nitrogens with one attached hydrogen (secondary N) is 1. The van der Waals surface area contributed by atoms with Gasteiger partial charge in [0.05, 0.1) is 17.4 Å². The lowest BCUT2D eigenvalue weighted by atomic mass is 10.2. The third-order valence-corrected chi connectivity index (χ3v) is 2.24. The molecule has 0 radical (unpaired) electrons. The van der Waals surface area contributed by atoms with E-state index in [9.17, 15) is 9.59 Å². The molecule has 0 spiro atoms. The molecular formula is C10H13ClN4O2. The summed E-state index contributed by atoms with van der Waals surface area (Å²) in [7, 11) is 0. The van der Waals surface area contributed by atoms with E-state index in [-0.39, 0.29) is 28.9 Å². The molecule has 6 nitrogen and oxygen atoms in total. The fourth-order valence-corrected chi connectivity index (χ4v) is 1.45. The van der Waals surface area contributed by atoms with Gasteiger partial charge < -0.3 is 16.8 Å². The summed E-state index contributed by atoms with van der Waals surface area (Å²) < 4.78 is 0. The number of amides is 2. The first-order chi connectivity index (χ1) is 7.90. The molecule has 17 heavy (non-hydrogen) atoms. The largest absolute Gasteiger partial charge is 0.397 e. The summed E-state index contributed by atoms with van der Waals surface area (Å²) in [5.74, 6) is -0.904. The Kier molecular flexibility index (Phi) is 4.28. The van der Waals surface area contributed by atoms with Gasteiger partial charge in [0.2, 0.25) is 5.91 Å². The van der Waals surface area contributed by atoms with Crippen molar-refractivity contribution in [1.29, 1.82) is 0 Å². The summed E-state index contributed by atoms with van der Waals surface area (Å²) in [6, 6.07) is 0.995. The lowest BCUT2D eigenvalue weighted by Crippen LogP contribution is -2.36. The van der Waals surface area contributed by atoms with Crippen LogP contribution in [0.15, 0.2) is 12.3 Å². The Balaban J connectivity index is 2.76. The maximum Gasteiger partial charge on any atom is 0.253 e. The molecule has 1 aromatic rings. The molecule has 1 heterocycles. The first-order valence-corrected chi connectivity index (χ1v) is 5.28. The van der Waals surface area contributed by atoms with Crippen molar-refractivity contribution in [3.8, 4) is 0 Å². The van der Waals surface area contributed by atoms with Crippen molar-refractivity contribution in [2.45, 2.75) is 19.4 Å². The average Bonchev–Trinajstić information content (AvgIpc) is 2.20. The molecule has 0 aliphatic carbocycles. The predicted molar refractivity (Wildman–Crippen MR) is 64.4 cm³/mol. The molecule has 0 saturated heterocycles. The molecule has 1 atom stereocenters. The van der Waals surface area contributed by atoms with Gasteiger partial charge in [-0.1, -0.05) is 11.6 Å². The van der Waals surface area contributed by atoms with Gasteiger partial charge in [-0.25, -0.2) is 4.98 Å². The van der Waals surface area contributed by atoms with Crippen LogP contribution >= 0.6 is 11.6 Å². The number of hydrogen-bond donors (Lipinski definition) is 3. The van der Waals surface area contributed by atoms with Crippen LogP contribution in [0.5, 0.6) is 0 Å². The van der Waals surface area contributed by atoms with E-state index in [0.29, 0.717) is 0 Å². The van der Waals surface area contributed by atoms with E-state index >= 15 is 0 Å². The van der Waals surface area contributed by atoms with Gasteiger partial charge in [0, 0.05) is 12.5 Å². The highest BCUT2D eigenvalue weighted by Crippen LogP contribution is 2.14. The zero-order valence-corrected chi connectivity index (χ0v) is 9.99. The maximum absolute atomic E-state index is 11.8. The van der Waals surface area contributed by atoms with Crippen LogP contribution in [0.25, 0.3) is 0 Å². The van der Waals surface area contributed by atoms with Crippen molar-refractivity contribution < 1.29 is 9.59 Å². The number of nitrogen functional groups attached to an aromatic ring is 1. The van der Waals surface area contributed by atoms with Crippen LogP contribution in [-0.2, 0) is 4.79 Å². The normalized spacial score (nSPS) is 11.9. The molecule has 1 rings (SSSR count). The number of rotatable bonds is 4. The van der Waals surface area contributed by atoms with Crippen LogP contribution in [0.2, 0.25) is 5.15 Å². The van der Waals surface area contributed by atoms with E-state index in [1.807, 2.05) is 0 Å². The first-order valence-electron chi connectivity index (χ1n) is 4.90. The number of carbonyl (C=O) groups excluding carboxylic acids is 2. The number of nitrogens with zero attached hydrogens (tertiary/aromatic N) is 1. The molecule has 0 aliphatic heterocycles. The summed E-state index contributed by atoms with van der Waals surface area (Å²) in [4.78, 5) is 26.2. The topological polar surface area (TPSA) is 111 Å². The number of carbonyl (C=O) groups is 2. The zero-order valence-electron chi connectivity index (χ0n) is 9.24. The maximum atomic E-state index is 11.8. The van der Waals surface area contributed by atoms with Crippen LogP contribution in [0.3, 0.4) is 0 Å². The molecular weight excluding hydrogens is 244 g/mol. The van der Waals surface area contributed by atoms with E-state index in [4.69, 9.17) is 23.1 Å². The zero-order chi connectivity index (χ0) is 13.0. The number of pyridine rings is 1. The fourth-order valence-electron chi connectivity index (χ4n) is 1.29.